The zero-order chi connectivity index (χ0) is 16.8. The van der Waals surface area contributed by atoms with Gasteiger partial charge in [0.25, 0.3) is 0 Å². The van der Waals surface area contributed by atoms with Gasteiger partial charge in [0.05, 0.1) is 0 Å². The van der Waals surface area contributed by atoms with E-state index in [1.165, 1.54) is 0 Å². The monoisotopic (exact) mass is 313 g/mol. The standard InChI is InChI=1S/C18H19NO4/c1-11-14-7-12-5-6-19(17(21)23-18(2,3)4)9-13(12)8-15(14)16(10-20)22-11/h7-8H,1,5-6,9H2,2-4H3. The average Bonchev–Trinajstić information content (AvgIpc) is 2.78. The number of carbonyl (C=O) groups is 1. The van der Waals surface area contributed by atoms with Gasteiger partial charge in [0.2, 0.25) is 5.42 Å². The van der Waals surface area contributed by atoms with E-state index in [2.05, 4.69) is 6.58 Å². The number of benzene rings is 1. The summed E-state index contributed by atoms with van der Waals surface area (Å²) in [5, 5.41) is 1.52. The zero-order valence-electron chi connectivity index (χ0n) is 13.6. The van der Waals surface area contributed by atoms with E-state index in [4.69, 9.17) is 9.15 Å². The Morgan fingerprint density at radius 1 is 1.30 bits per heavy atom. The number of furan rings is 1. The van der Waals surface area contributed by atoms with Gasteiger partial charge in [-0.1, -0.05) is 6.58 Å². The van der Waals surface area contributed by atoms with Crippen LogP contribution in [0.2, 0.25) is 0 Å². The van der Waals surface area contributed by atoms with Crippen LogP contribution in [0.5, 0.6) is 0 Å². The maximum absolute atomic E-state index is 12.2. The molecule has 1 aromatic heterocycles. The maximum atomic E-state index is 12.2. The summed E-state index contributed by atoms with van der Waals surface area (Å²) in [7, 11) is 0. The number of carbonyl (C=O) groups excluding carboxylic acids is 2. The Bertz CT molecular complexity index is 913. The van der Waals surface area contributed by atoms with Crippen LogP contribution in [0.25, 0.3) is 17.4 Å². The molecule has 0 aliphatic carbocycles. The molecule has 23 heavy (non-hydrogen) atoms. The summed E-state index contributed by atoms with van der Waals surface area (Å²) in [6.07, 6.45) is 0.408. The molecule has 2 heterocycles. The van der Waals surface area contributed by atoms with Gasteiger partial charge in [-0.25, -0.2) is 9.59 Å². The molecule has 5 nitrogen and oxygen atoms in total. The predicted octanol–water partition coefficient (Wildman–Crippen LogP) is 1.64. The van der Waals surface area contributed by atoms with E-state index in [9.17, 15) is 9.59 Å². The molecule has 3 rings (SSSR count). The third kappa shape index (κ3) is 2.88. The topological polar surface area (TPSA) is 59.8 Å². The van der Waals surface area contributed by atoms with E-state index in [0.717, 1.165) is 22.9 Å². The number of amides is 1. The fraction of sp³-hybridized carbons (Fsp3) is 0.389. The van der Waals surface area contributed by atoms with Crippen LogP contribution in [0, 0.1) is 0 Å². The van der Waals surface area contributed by atoms with Gasteiger partial charge < -0.3 is 14.1 Å². The third-order valence-corrected chi connectivity index (χ3v) is 3.87. The first-order valence-corrected chi connectivity index (χ1v) is 7.55. The molecule has 2 aromatic rings. The molecule has 1 amide bonds. The summed E-state index contributed by atoms with van der Waals surface area (Å²) in [5.74, 6) is 1.80. The van der Waals surface area contributed by atoms with Crippen molar-refractivity contribution >= 4 is 29.4 Å². The van der Waals surface area contributed by atoms with E-state index >= 15 is 0 Å². The minimum atomic E-state index is -0.520. The van der Waals surface area contributed by atoms with Crippen LogP contribution in [-0.2, 0) is 22.5 Å². The third-order valence-electron chi connectivity index (χ3n) is 3.87. The Hall–Kier alpha value is -2.52. The van der Waals surface area contributed by atoms with Crippen molar-refractivity contribution in [2.45, 2.75) is 39.3 Å². The van der Waals surface area contributed by atoms with Crippen molar-refractivity contribution in [3.05, 3.63) is 34.1 Å². The van der Waals surface area contributed by atoms with Gasteiger partial charge in [-0.15, -0.1) is 0 Å². The van der Waals surface area contributed by atoms with Crippen molar-refractivity contribution < 1.29 is 18.7 Å². The quantitative estimate of drug-likeness (QED) is 0.742. The molecule has 1 aliphatic rings. The molecule has 0 saturated heterocycles. The van der Waals surface area contributed by atoms with Gasteiger partial charge in [-0.3, -0.25) is 0 Å². The highest BCUT2D eigenvalue weighted by molar-refractivity contribution is 5.86. The Morgan fingerprint density at radius 3 is 2.65 bits per heavy atom. The molecule has 0 fully saturated rings. The zero-order valence-corrected chi connectivity index (χ0v) is 13.6. The molecule has 0 bridgehead atoms. The summed E-state index contributed by atoms with van der Waals surface area (Å²) in [6, 6.07) is 3.88. The molecule has 0 N–H and O–H groups in total. The fourth-order valence-corrected chi connectivity index (χ4v) is 2.82. The molecule has 120 valence electrons. The Balaban J connectivity index is 1.97. The predicted molar refractivity (Wildman–Crippen MR) is 86.1 cm³/mol. The lowest BCUT2D eigenvalue weighted by Crippen LogP contribution is -2.39. The maximum Gasteiger partial charge on any atom is 0.410 e. The molecule has 0 radical (unpaired) electrons. The summed E-state index contributed by atoms with van der Waals surface area (Å²) >= 11 is 0. The lowest BCUT2D eigenvalue weighted by Gasteiger charge is -2.31. The van der Waals surface area contributed by atoms with E-state index in [-0.39, 0.29) is 11.5 Å². The van der Waals surface area contributed by atoms with Crippen LogP contribution in [0.1, 0.15) is 31.9 Å². The SMILES string of the molecule is C=c1oc(=C=O)c2cc3c(cc12)CCN(C(=O)OC(C)(C)C)C3. The fourth-order valence-electron chi connectivity index (χ4n) is 2.82. The van der Waals surface area contributed by atoms with E-state index in [0.29, 0.717) is 23.9 Å². The van der Waals surface area contributed by atoms with E-state index in [1.54, 1.807) is 10.8 Å². The molecule has 1 aromatic carbocycles. The molecule has 0 spiro atoms. The molecule has 0 unspecified atom stereocenters. The molecule has 0 atom stereocenters. The largest absolute Gasteiger partial charge is 0.445 e. The second kappa shape index (κ2) is 5.28. The Morgan fingerprint density at radius 2 is 2.00 bits per heavy atom. The number of ether oxygens (including phenoxy) is 1. The Labute approximate surface area is 133 Å². The van der Waals surface area contributed by atoms with E-state index < -0.39 is 5.60 Å². The number of rotatable bonds is 0. The van der Waals surface area contributed by atoms with Crippen molar-refractivity contribution in [2.24, 2.45) is 0 Å². The lowest BCUT2D eigenvalue weighted by molar-refractivity contribution is 0.0224. The highest BCUT2D eigenvalue weighted by Crippen LogP contribution is 2.24. The van der Waals surface area contributed by atoms with Crippen molar-refractivity contribution in [3.8, 4) is 0 Å². The van der Waals surface area contributed by atoms with Gasteiger partial charge in [0.1, 0.15) is 11.0 Å². The summed E-state index contributed by atoms with van der Waals surface area (Å²) in [4.78, 5) is 24.9. The van der Waals surface area contributed by atoms with E-state index in [1.807, 2.05) is 32.9 Å². The van der Waals surface area contributed by atoms with Crippen molar-refractivity contribution in [2.75, 3.05) is 6.54 Å². The summed E-state index contributed by atoms with van der Waals surface area (Å²) in [5.41, 5.74) is 2.24. The second-order valence-corrected chi connectivity index (χ2v) is 6.77. The first kappa shape index (κ1) is 15.4. The average molecular weight is 313 g/mol. The lowest BCUT2D eigenvalue weighted by atomic mass is 9.97. The molecule has 1 aliphatic heterocycles. The number of hydrogen-bond donors (Lipinski definition) is 0. The summed E-state index contributed by atoms with van der Waals surface area (Å²) in [6.45, 7) is 10.4. The Kier molecular flexibility index (Phi) is 3.53. The van der Waals surface area contributed by atoms with Crippen molar-refractivity contribution in [3.63, 3.8) is 0 Å². The number of nitrogens with zero attached hydrogens (tertiary/aromatic N) is 1. The highest BCUT2D eigenvalue weighted by atomic mass is 16.6. The van der Waals surface area contributed by atoms with Crippen molar-refractivity contribution in [1.82, 2.24) is 4.90 Å². The van der Waals surface area contributed by atoms with Crippen LogP contribution in [0.15, 0.2) is 16.5 Å². The number of fused-ring (bicyclic) bond motifs is 2. The van der Waals surface area contributed by atoms with Crippen LogP contribution < -0.4 is 10.8 Å². The molecular formula is C18H19NO4. The summed E-state index contributed by atoms with van der Waals surface area (Å²) < 4.78 is 10.8. The molecule has 5 heteroatoms. The normalized spacial score (nSPS) is 14.5. The first-order valence-electron chi connectivity index (χ1n) is 7.55. The molecular weight excluding hydrogens is 294 g/mol. The van der Waals surface area contributed by atoms with Gasteiger partial charge in [-0.2, -0.15) is 0 Å². The highest BCUT2D eigenvalue weighted by Gasteiger charge is 2.26. The van der Waals surface area contributed by atoms with Crippen LogP contribution in [-0.4, -0.2) is 29.1 Å². The smallest absolute Gasteiger partial charge is 0.410 e. The van der Waals surface area contributed by atoms with Crippen molar-refractivity contribution in [1.29, 1.82) is 0 Å². The van der Waals surface area contributed by atoms with Crippen LogP contribution >= 0.6 is 0 Å². The first-order chi connectivity index (χ1) is 10.8. The van der Waals surface area contributed by atoms with Gasteiger partial charge in [0.15, 0.2) is 5.94 Å². The molecule has 0 saturated carbocycles. The van der Waals surface area contributed by atoms with Crippen LogP contribution in [0.3, 0.4) is 0 Å². The second-order valence-electron chi connectivity index (χ2n) is 6.77. The number of hydrogen-bond acceptors (Lipinski definition) is 4. The minimum absolute atomic E-state index is 0.155. The van der Waals surface area contributed by atoms with Crippen LogP contribution in [0.4, 0.5) is 4.79 Å². The minimum Gasteiger partial charge on any atom is -0.445 e. The van der Waals surface area contributed by atoms with Gasteiger partial charge in [0, 0.05) is 23.9 Å². The van der Waals surface area contributed by atoms with Gasteiger partial charge in [-0.05, 0) is 50.5 Å². The van der Waals surface area contributed by atoms with Gasteiger partial charge >= 0.3 is 6.09 Å².